The summed E-state index contributed by atoms with van der Waals surface area (Å²) in [6.45, 7) is 11.8. The first-order valence-corrected chi connectivity index (χ1v) is 7.18. The Hall–Kier alpha value is -0.0400. The van der Waals surface area contributed by atoms with Crippen LogP contribution in [0.5, 0.6) is 0 Å². The van der Waals surface area contributed by atoms with Crippen LogP contribution < -0.4 is 0 Å². The number of hydrogen-bond acceptors (Lipinski definition) is 1. The molecule has 0 aromatic heterocycles. The van der Waals surface area contributed by atoms with E-state index in [0.29, 0.717) is 6.10 Å². The van der Waals surface area contributed by atoms with Crippen molar-refractivity contribution in [3.63, 3.8) is 0 Å². The highest BCUT2D eigenvalue weighted by molar-refractivity contribution is 5.04. The largest absolute Gasteiger partial charge is 0.371 e. The predicted molar refractivity (Wildman–Crippen MR) is 68.4 cm³/mol. The Kier molecular flexibility index (Phi) is 3.36. The molecule has 0 spiro atoms. The molecule has 2 aliphatic rings. The zero-order valence-electron chi connectivity index (χ0n) is 11.6. The van der Waals surface area contributed by atoms with E-state index in [2.05, 4.69) is 34.6 Å². The highest BCUT2D eigenvalue weighted by atomic mass is 16.5. The van der Waals surface area contributed by atoms with Crippen molar-refractivity contribution in [3.05, 3.63) is 0 Å². The van der Waals surface area contributed by atoms with Gasteiger partial charge in [0.05, 0.1) is 11.7 Å². The van der Waals surface area contributed by atoms with E-state index in [1.54, 1.807) is 0 Å². The van der Waals surface area contributed by atoms with Crippen molar-refractivity contribution in [2.24, 2.45) is 23.7 Å². The van der Waals surface area contributed by atoms with E-state index in [9.17, 15) is 0 Å². The number of ether oxygens (including phenoxy) is 1. The molecule has 0 aromatic rings. The Morgan fingerprint density at radius 3 is 2.56 bits per heavy atom. The van der Waals surface area contributed by atoms with E-state index in [0.717, 1.165) is 23.7 Å². The van der Waals surface area contributed by atoms with Crippen LogP contribution in [0.2, 0.25) is 0 Å². The first kappa shape index (κ1) is 12.4. The van der Waals surface area contributed by atoms with E-state index in [4.69, 9.17) is 4.74 Å². The second kappa shape index (κ2) is 4.33. The van der Waals surface area contributed by atoms with Crippen molar-refractivity contribution < 1.29 is 4.74 Å². The summed E-state index contributed by atoms with van der Waals surface area (Å²) in [6.07, 6.45) is 5.72. The zero-order valence-corrected chi connectivity index (χ0v) is 11.6. The number of hydrogen-bond donors (Lipinski definition) is 0. The van der Waals surface area contributed by atoms with Gasteiger partial charge in [0.15, 0.2) is 0 Å². The van der Waals surface area contributed by atoms with E-state index < -0.39 is 0 Å². The molecule has 2 rings (SSSR count). The maximum atomic E-state index is 6.46. The average Bonchev–Trinajstić information content (AvgIpc) is 2.39. The third-order valence-corrected chi connectivity index (χ3v) is 4.98. The summed E-state index contributed by atoms with van der Waals surface area (Å²) in [5, 5.41) is 0. The van der Waals surface area contributed by atoms with Gasteiger partial charge in [-0.25, -0.2) is 0 Å². The summed E-state index contributed by atoms with van der Waals surface area (Å²) >= 11 is 0. The molecule has 1 saturated carbocycles. The fourth-order valence-electron chi connectivity index (χ4n) is 4.62. The SMILES string of the molecule is CCC1C2C(C)CCC1(CC(C)C)OC2C. The summed E-state index contributed by atoms with van der Waals surface area (Å²) in [6, 6.07) is 0. The molecular formula is C15H28O. The van der Waals surface area contributed by atoms with Gasteiger partial charge in [-0.2, -0.15) is 0 Å². The van der Waals surface area contributed by atoms with E-state index >= 15 is 0 Å². The Morgan fingerprint density at radius 2 is 2.00 bits per heavy atom. The lowest BCUT2D eigenvalue weighted by Crippen LogP contribution is -2.43. The van der Waals surface area contributed by atoms with Crippen LogP contribution >= 0.6 is 0 Å². The van der Waals surface area contributed by atoms with Gasteiger partial charge in [0.2, 0.25) is 0 Å². The third-order valence-electron chi connectivity index (χ3n) is 4.98. The third kappa shape index (κ3) is 1.81. The minimum absolute atomic E-state index is 0.236. The molecule has 2 bridgehead atoms. The van der Waals surface area contributed by atoms with Crippen molar-refractivity contribution in [1.29, 1.82) is 0 Å². The van der Waals surface area contributed by atoms with Gasteiger partial charge in [0.1, 0.15) is 0 Å². The maximum absolute atomic E-state index is 6.46. The van der Waals surface area contributed by atoms with Gasteiger partial charge in [-0.1, -0.05) is 34.1 Å². The Labute approximate surface area is 101 Å². The Balaban J connectivity index is 2.24. The maximum Gasteiger partial charge on any atom is 0.0720 e. The van der Waals surface area contributed by atoms with Crippen LogP contribution in [-0.4, -0.2) is 11.7 Å². The summed E-state index contributed by atoms with van der Waals surface area (Å²) < 4.78 is 6.46. The van der Waals surface area contributed by atoms with Crippen LogP contribution in [0.3, 0.4) is 0 Å². The molecule has 5 atom stereocenters. The van der Waals surface area contributed by atoms with Gasteiger partial charge in [-0.15, -0.1) is 0 Å². The summed E-state index contributed by atoms with van der Waals surface area (Å²) in [5.41, 5.74) is 0.236. The van der Waals surface area contributed by atoms with Crippen molar-refractivity contribution in [1.82, 2.24) is 0 Å². The zero-order chi connectivity index (χ0) is 11.9. The molecular weight excluding hydrogens is 196 g/mol. The van der Waals surface area contributed by atoms with Crippen LogP contribution in [0.25, 0.3) is 0 Å². The van der Waals surface area contributed by atoms with E-state index in [-0.39, 0.29) is 5.60 Å². The van der Waals surface area contributed by atoms with Crippen LogP contribution in [-0.2, 0) is 4.74 Å². The second-order valence-electron chi connectivity index (χ2n) is 6.59. The Bertz CT molecular complexity index is 248. The highest BCUT2D eigenvalue weighted by Gasteiger charge is 2.56. The summed E-state index contributed by atoms with van der Waals surface area (Å²) in [7, 11) is 0. The topological polar surface area (TPSA) is 9.23 Å². The average molecular weight is 224 g/mol. The van der Waals surface area contributed by atoms with Crippen LogP contribution in [0, 0.1) is 23.7 Å². The minimum Gasteiger partial charge on any atom is -0.371 e. The molecule has 0 aromatic carbocycles. The molecule has 16 heavy (non-hydrogen) atoms. The molecule has 1 heteroatoms. The molecule has 94 valence electrons. The minimum atomic E-state index is 0.236. The molecule has 1 heterocycles. The van der Waals surface area contributed by atoms with Crippen molar-refractivity contribution >= 4 is 0 Å². The molecule has 2 fully saturated rings. The fourth-order valence-corrected chi connectivity index (χ4v) is 4.62. The highest BCUT2D eigenvalue weighted by Crippen LogP contribution is 2.55. The molecule has 0 radical (unpaired) electrons. The number of rotatable bonds is 3. The standard InChI is InChI=1S/C15H28O/c1-6-13-14-11(4)7-8-15(13,9-10(2)3)16-12(14)5/h10-14H,6-9H2,1-5H3. The summed E-state index contributed by atoms with van der Waals surface area (Å²) in [5.74, 6) is 3.25. The normalized spacial score (nSPS) is 47.6. The van der Waals surface area contributed by atoms with Gasteiger partial charge >= 0.3 is 0 Å². The molecule has 0 N–H and O–H groups in total. The first-order chi connectivity index (χ1) is 7.50. The van der Waals surface area contributed by atoms with E-state index in [1.807, 2.05) is 0 Å². The van der Waals surface area contributed by atoms with Gasteiger partial charge in [-0.05, 0) is 49.9 Å². The van der Waals surface area contributed by atoms with Gasteiger partial charge < -0.3 is 4.74 Å². The molecule has 1 aliphatic carbocycles. The predicted octanol–water partition coefficient (Wildman–Crippen LogP) is 4.26. The molecule has 1 nitrogen and oxygen atoms in total. The monoisotopic (exact) mass is 224 g/mol. The molecule has 5 unspecified atom stereocenters. The van der Waals surface area contributed by atoms with Crippen molar-refractivity contribution in [3.8, 4) is 0 Å². The van der Waals surface area contributed by atoms with Gasteiger partial charge in [0.25, 0.3) is 0 Å². The lowest BCUT2D eigenvalue weighted by atomic mass is 9.63. The first-order valence-electron chi connectivity index (χ1n) is 7.18. The van der Waals surface area contributed by atoms with Crippen molar-refractivity contribution in [2.45, 2.75) is 72.0 Å². The second-order valence-corrected chi connectivity index (χ2v) is 6.59. The fraction of sp³-hybridized carbons (Fsp3) is 1.00. The van der Waals surface area contributed by atoms with Gasteiger partial charge in [-0.3, -0.25) is 0 Å². The molecule has 0 amide bonds. The van der Waals surface area contributed by atoms with Crippen LogP contribution in [0.4, 0.5) is 0 Å². The Morgan fingerprint density at radius 1 is 1.31 bits per heavy atom. The summed E-state index contributed by atoms with van der Waals surface area (Å²) in [4.78, 5) is 0. The quantitative estimate of drug-likeness (QED) is 0.696. The molecule has 1 aliphatic heterocycles. The van der Waals surface area contributed by atoms with Gasteiger partial charge in [0, 0.05) is 0 Å². The lowest BCUT2D eigenvalue weighted by Gasteiger charge is -2.42. The lowest BCUT2D eigenvalue weighted by molar-refractivity contribution is -0.0733. The van der Waals surface area contributed by atoms with Crippen LogP contribution in [0.15, 0.2) is 0 Å². The smallest absolute Gasteiger partial charge is 0.0720 e. The van der Waals surface area contributed by atoms with E-state index in [1.165, 1.54) is 25.7 Å². The van der Waals surface area contributed by atoms with Crippen molar-refractivity contribution in [2.75, 3.05) is 0 Å². The molecule has 1 saturated heterocycles. The van der Waals surface area contributed by atoms with Crippen LogP contribution in [0.1, 0.15) is 60.3 Å². The number of fused-ring (bicyclic) bond motifs is 2.